The molecule has 1 heterocycles. The molecule has 4 nitrogen and oxygen atoms in total. The van der Waals surface area contributed by atoms with Crippen molar-refractivity contribution in [2.75, 3.05) is 6.54 Å². The lowest BCUT2D eigenvalue weighted by Crippen LogP contribution is -2.31. The molecule has 0 saturated carbocycles. The van der Waals surface area contributed by atoms with Crippen molar-refractivity contribution in [1.29, 1.82) is 0 Å². The Morgan fingerprint density at radius 1 is 1.20 bits per heavy atom. The quantitative estimate of drug-likeness (QED) is 0.532. The molecular weight excluding hydrogens is 254 g/mol. The van der Waals surface area contributed by atoms with Crippen LogP contribution in [0, 0.1) is 11.8 Å². The van der Waals surface area contributed by atoms with E-state index in [1.807, 2.05) is 27.7 Å². The van der Waals surface area contributed by atoms with Crippen LogP contribution in [0.4, 0.5) is 0 Å². The van der Waals surface area contributed by atoms with Crippen molar-refractivity contribution >= 4 is 17.6 Å². The van der Waals surface area contributed by atoms with E-state index in [4.69, 9.17) is 0 Å². The van der Waals surface area contributed by atoms with Gasteiger partial charge in [0.25, 0.3) is 0 Å². The second kappa shape index (κ2) is 9.67. The number of ketones is 1. The lowest BCUT2D eigenvalue weighted by molar-refractivity contribution is -0.139. The van der Waals surface area contributed by atoms with E-state index >= 15 is 0 Å². The van der Waals surface area contributed by atoms with E-state index < -0.39 is 0 Å². The van der Waals surface area contributed by atoms with E-state index in [2.05, 4.69) is 0 Å². The Balaban J connectivity index is 0.00000172. The minimum absolute atomic E-state index is 0.0433. The molecule has 0 bridgehead atoms. The zero-order chi connectivity index (χ0) is 15.7. The SMILES string of the molecule is CC.CC(C)C(=O)CCCCCN1C(=O)CC(C)C1=O. The van der Waals surface area contributed by atoms with Crippen LogP contribution >= 0.6 is 0 Å². The molecule has 1 atom stereocenters. The minimum Gasteiger partial charge on any atom is -0.299 e. The highest BCUT2D eigenvalue weighted by Crippen LogP contribution is 2.19. The number of likely N-dealkylation sites (tertiary alicyclic amines) is 1. The first-order valence-electron chi connectivity index (χ1n) is 7.80. The Hall–Kier alpha value is -1.19. The molecule has 2 amide bonds. The Kier molecular flexibility index (Phi) is 9.10. The van der Waals surface area contributed by atoms with Crippen LogP contribution in [0.15, 0.2) is 0 Å². The van der Waals surface area contributed by atoms with Crippen molar-refractivity contribution in [3.8, 4) is 0 Å². The number of rotatable bonds is 7. The van der Waals surface area contributed by atoms with Gasteiger partial charge < -0.3 is 0 Å². The predicted octanol–water partition coefficient (Wildman–Crippen LogP) is 3.19. The van der Waals surface area contributed by atoms with E-state index in [0.717, 1.165) is 19.3 Å². The fourth-order valence-electron chi connectivity index (χ4n) is 2.12. The summed E-state index contributed by atoms with van der Waals surface area (Å²) in [5, 5.41) is 0. The molecule has 4 heteroatoms. The van der Waals surface area contributed by atoms with Gasteiger partial charge in [0.15, 0.2) is 0 Å². The predicted molar refractivity (Wildman–Crippen MR) is 80.2 cm³/mol. The highest BCUT2D eigenvalue weighted by Gasteiger charge is 2.34. The van der Waals surface area contributed by atoms with Crippen LogP contribution in [0.3, 0.4) is 0 Å². The van der Waals surface area contributed by atoms with Crippen molar-refractivity contribution in [1.82, 2.24) is 4.90 Å². The van der Waals surface area contributed by atoms with Crippen molar-refractivity contribution in [2.24, 2.45) is 11.8 Å². The summed E-state index contributed by atoms with van der Waals surface area (Å²) in [6.45, 7) is 10.1. The largest absolute Gasteiger partial charge is 0.299 e. The molecule has 1 aliphatic rings. The van der Waals surface area contributed by atoms with Gasteiger partial charge in [-0.25, -0.2) is 0 Å². The highest BCUT2D eigenvalue weighted by molar-refractivity contribution is 6.03. The summed E-state index contributed by atoms with van der Waals surface area (Å²) in [6.07, 6.45) is 3.50. The molecule has 1 saturated heterocycles. The molecule has 116 valence electrons. The maximum atomic E-state index is 11.6. The summed E-state index contributed by atoms with van der Waals surface area (Å²) in [6, 6.07) is 0. The van der Waals surface area contributed by atoms with E-state index in [1.54, 1.807) is 6.92 Å². The number of amides is 2. The second-order valence-corrected chi connectivity index (χ2v) is 5.42. The van der Waals surface area contributed by atoms with Gasteiger partial charge in [0.05, 0.1) is 0 Å². The van der Waals surface area contributed by atoms with Crippen molar-refractivity contribution in [3.63, 3.8) is 0 Å². The molecule has 0 N–H and O–H groups in total. The minimum atomic E-state index is -0.153. The van der Waals surface area contributed by atoms with Crippen LogP contribution in [-0.4, -0.2) is 29.0 Å². The van der Waals surface area contributed by atoms with Gasteiger partial charge >= 0.3 is 0 Å². The average molecular weight is 283 g/mol. The van der Waals surface area contributed by atoms with Gasteiger partial charge in [-0.1, -0.05) is 41.0 Å². The van der Waals surface area contributed by atoms with Gasteiger partial charge in [0, 0.05) is 31.2 Å². The molecule has 0 aromatic carbocycles. The summed E-state index contributed by atoms with van der Waals surface area (Å²) in [5.74, 6) is 0.147. The van der Waals surface area contributed by atoms with Crippen molar-refractivity contribution < 1.29 is 14.4 Å². The summed E-state index contributed by atoms with van der Waals surface area (Å²) in [7, 11) is 0. The van der Waals surface area contributed by atoms with Gasteiger partial charge in [-0.15, -0.1) is 0 Å². The number of carbonyl (C=O) groups excluding carboxylic acids is 3. The molecule has 0 radical (unpaired) electrons. The maximum Gasteiger partial charge on any atom is 0.232 e. The maximum absolute atomic E-state index is 11.6. The van der Waals surface area contributed by atoms with E-state index in [9.17, 15) is 14.4 Å². The summed E-state index contributed by atoms with van der Waals surface area (Å²) < 4.78 is 0. The number of hydrogen-bond donors (Lipinski definition) is 0. The number of imide groups is 1. The number of hydrogen-bond acceptors (Lipinski definition) is 3. The second-order valence-electron chi connectivity index (χ2n) is 5.42. The third kappa shape index (κ3) is 5.85. The number of unbranched alkanes of at least 4 members (excludes halogenated alkanes) is 2. The summed E-state index contributed by atoms with van der Waals surface area (Å²) >= 11 is 0. The molecule has 0 aromatic heterocycles. The van der Waals surface area contributed by atoms with Crippen LogP contribution in [-0.2, 0) is 14.4 Å². The number of nitrogens with zero attached hydrogens (tertiary/aromatic N) is 1. The Morgan fingerprint density at radius 2 is 1.80 bits per heavy atom. The third-order valence-corrected chi connectivity index (χ3v) is 3.42. The molecule has 0 aromatic rings. The van der Waals surface area contributed by atoms with Gasteiger partial charge in [-0.2, -0.15) is 0 Å². The van der Waals surface area contributed by atoms with Gasteiger partial charge in [-0.05, 0) is 12.8 Å². The normalized spacial score (nSPS) is 18.3. The Labute approximate surface area is 122 Å². The van der Waals surface area contributed by atoms with Gasteiger partial charge in [0.2, 0.25) is 11.8 Å². The first kappa shape index (κ1) is 18.8. The first-order valence-corrected chi connectivity index (χ1v) is 7.80. The van der Waals surface area contributed by atoms with Crippen LogP contribution in [0.1, 0.15) is 66.7 Å². The highest BCUT2D eigenvalue weighted by atomic mass is 16.2. The monoisotopic (exact) mass is 283 g/mol. The number of Topliss-reactive ketones (excluding diaryl/α,β-unsaturated/α-hetero) is 1. The molecule has 1 unspecified atom stereocenters. The lowest BCUT2D eigenvalue weighted by atomic mass is 10.0. The molecule has 1 rings (SSSR count). The fraction of sp³-hybridized carbons (Fsp3) is 0.812. The van der Waals surface area contributed by atoms with Crippen LogP contribution < -0.4 is 0 Å². The fourth-order valence-corrected chi connectivity index (χ4v) is 2.12. The first-order chi connectivity index (χ1) is 9.43. The van der Waals surface area contributed by atoms with Crippen molar-refractivity contribution in [3.05, 3.63) is 0 Å². The smallest absolute Gasteiger partial charge is 0.232 e. The molecule has 0 spiro atoms. The average Bonchev–Trinajstić information content (AvgIpc) is 2.66. The third-order valence-electron chi connectivity index (χ3n) is 3.42. The van der Waals surface area contributed by atoms with E-state index in [1.165, 1.54) is 4.90 Å². The van der Waals surface area contributed by atoms with Gasteiger partial charge in [-0.3, -0.25) is 19.3 Å². The zero-order valence-corrected chi connectivity index (χ0v) is 13.6. The van der Waals surface area contributed by atoms with Crippen molar-refractivity contribution in [2.45, 2.75) is 66.7 Å². The van der Waals surface area contributed by atoms with Crippen LogP contribution in [0.2, 0.25) is 0 Å². The van der Waals surface area contributed by atoms with E-state index in [-0.39, 0.29) is 29.4 Å². The Morgan fingerprint density at radius 3 is 2.25 bits per heavy atom. The van der Waals surface area contributed by atoms with Gasteiger partial charge in [0.1, 0.15) is 5.78 Å². The number of carbonyl (C=O) groups is 3. The topological polar surface area (TPSA) is 54.5 Å². The summed E-state index contributed by atoms with van der Waals surface area (Å²) in [4.78, 5) is 35.9. The Bertz CT molecular complexity index is 337. The van der Waals surface area contributed by atoms with E-state index in [0.29, 0.717) is 19.4 Å². The molecular formula is C16H29NO3. The van der Waals surface area contributed by atoms with Crippen LogP contribution in [0.25, 0.3) is 0 Å². The van der Waals surface area contributed by atoms with Crippen LogP contribution in [0.5, 0.6) is 0 Å². The lowest BCUT2D eigenvalue weighted by Gasteiger charge is -2.13. The molecule has 20 heavy (non-hydrogen) atoms. The summed E-state index contributed by atoms with van der Waals surface area (Å²) in [5.41, 5.74) is 0. The standard InChI is InChI=1S/C14H23NO3.C2H6/c1-10(2)12(16)7-5-4-6-8-15-13(17)9-11(3)14(15)18;1-2/h10-11H,4-9H2,1-3H3;1-2H3. The molecule has 0 aliphatic carbocycles. The molecule has 1 aliphatic heterocycles. The zero-order valence-electron chi connectivity index (χ0n) is 13.6. The molecule has 1 fully saturated rings.